The van der Waals surface area contributed by atoms with E-state index in [2.05, 4.69) is 47.2 Å². The smallest absolute Gasteiger partial charge is 0.263 e. The van der Waals surface area contributed by atoms with E-state index in [1.54, 1.807) is 0 Å². The summed E-state index contributed by atoms with van der Waals surface area (Å²) >= 11 is 1.50. The number of thiazole rings is 1. The summed E-state index contributed by atoms with van der Waals surface area (Å²) in [4.78, 5) is 20.4. The predicted octanol–water partition coefficient (Wildman–Crippen LogP) is 4.07. The molecule has 1 aliphatic rings. The van der Waals surface area contributed by atoms with Crippen LogP contribution in [0.5, 0.6) is 0 Å². The van der Waals surface area contributed by atoms with Gasteiger partial charge in [-0.15, -0.1) is 11.3 Å². The van der Waals surface area contributed by atoms with Gasteiger partial charge in [-0.2, -0.15) is 0 Å². The van der Waals surface area contributed by atoms with E-state index >= 15 is 0 Å². The number of nitrogens with zero attached hydrogens (tertiary/aromatic N) is 2. The van der Waals surface area contributed by atoms with Gasteiger partial charge in [0.15, 0.2) is 0 Å². The number of aromatic nitrogens is 1. The highest BCUT2D eigenvalue weighted by Crippen LogP contribution is 2.33. The molecule has 0 spiro atoms. The van der Waals surface area contributed by atoms with Crippen molar-refractivity contribution in [3.63, 3.8) is 0 Å². The average molecular weight is 358 g/mol. The Balaban J connectivity index is 1.70. The van der Waals surface area contributed by atoms with Crippen molar-refractivity contribution < 1.29 is 4.79 Å². The van der Waals surface area contributed by atoms with Gasteiger partial charge in [-0.1, -0.05) is 38.1 Å². The summed E-state index contributed by atoms with van der Waals surface area (Å²) in [7, 11) is 0. The summed E-state index contributed by atoms with van der Waals surface area (Å²) in [6, 6.07) is 8.34. The van der Waals surface area contributed by atoms with Crippen LogP contribution < -0.4 is 5.32 Å². The Bertz CT molecular complexity index is 732. The van der Waals surface area contributed by atoms with Gasteiger partial charge in [0.2, 0.25) is 0 Å². The first kappa shape index (κ1) is 18.1. The predicted molar refractivity (Wildman–Crippen MR) is 104 cm³/mol. The number of carbonyl (C=O) groups is 1. The minimum Gasteiger partial charge on any atom is -0.350 e. The van der Waals surface area contributed by atoms with Crippen LogP contribution in [0.25, 0.3) is 10.6 Å². The van der Waals surface area contributed by atoms with Gasteiger partial charge in [-0.05, 0) is 44.3 Å². The van der Waals surface area contributed by atoms with Crippen LogP contribution in [0.2, 0.25) is 0 Å². The Morgan fingerprint density at radius 2 is 2.00 bits per heavy atom. The Labute approximate surface area is 154 Å². The highest BCUT2D eigenvalue weighted by molar-refractivity contribution is 7.17. The third-order valence-corrected chi connectivity index (χ3v) is 5.92. The fraction of sp³-hybridized carbons (Fsp3) is 0.500. The van der Waals surface area contributed by atoms with E-state index in [4.69, 9.17) is 0 Å². The average Bonchev–Trinajstić information content (AvgIpc) is 3.24. The molecule has 5 heteroatoms. The van der Waals surface area contributed by atoms with E-state index in [1.165, 1.54) is 29.7 Å². The van der Waals surface area contributed by atoms with E-state index < -0.39 is 0 Å². The molecule has 1 saturated heterocycles. The standard InChI is InChI=1S/C20H27N3OS/c1-14(2)16-8-4-5-9-17(16)20-22-15(3)18(25-20)19(24)21-10-13-23-11-6-7-12-23/h4-5,8-9,14H,6-7,10-13H2,1-3H3,(H,21,24). The molecule has 1 amide bonds. The molecule has 0 aliphatic carbocycles. The molecular weight excluding hydrogens is 330 g/mol. The van der Waals surface area contributed by atoms with Gasteiger partial charge in [-0.3, -0.25) is 4.79 Å². The van der Waals surface area contributed by atoms with Crippen LogP contribution in [-0.4, -0.2) is 42.0 Å². The third-order valence-electron chi connectivity index (χ3n) is 4.73. The molecule has 1 aromatic carbocycles. The second kappa shape index (κ2) is 8.11. The van der Waals surface area contributed by atoms with Crippen molar-refractivity contribution >= 4 is 17.2 Å². The lowest BCUT2D eigenvalue weighted by Gasteiger charge is -2.14. The molecule has 0 bridgehead atoms. The Morgan fingerprint density at radius 1 is 1.28 bits per heavy atom. The molecule has 0 unspecified atom stereocenters. The molecule has 2 aromatic rings. The third kappa shape index (κ3) is 4.28. The number of benzene rings is 1. The number of hydrogen-bond donors (Lipinski definition) is 1. The van der Waals surface area contributed by atoms with Gasteiger partial charge < -0.3 is 10.2 Å². The molecule has 4 nitrogen and oxygen atoms in total. The van der Waals surface area contributed by atoms with Gasteiger partial charge in [-0.25, -0.2) is 4.98 Å². The SMILES string of the molecule is Cc1nc(-c2ccccc2C(C)C)sc1C(=O)NCCN1CCCC1. The number of likely N-dealkylation sites (tertiary alicyclic amines) is 1. The number of carbonyl (C=O) groups excluding carboxylic acids is 1. The summed E-state index contributed by atoms with van der Waals surface area (Å²) in [5.74, 6) is 0.431. The topological polar surface area (TPSA) is 45.2 Å². The lowest BCUT2D eigenvalue weighted by Crippen LogP contribution is -2.33. The Morgan fingerprint density at radius 3 is 2.72 bits per heavy atom. The monoisotopic (exact) mass is 357 g/mol. The molecule has 0 atom stereocenters. The van der Waals surface area contributed by atoms with Crippen LogP contribution in [0.1, 0.15) is 53.5 Å². The summed E-state index contributed by atoms with van der Waals surface area (Å²) in [6.07, 6.45) is 2.56. The summed E-state index contributed by atoms with van der Waals surface area (Å²) < 4.78 is 0. The van der Waals surface area contributed by atoms with Crippen molar-refractivity contribution in [1.29, 1.82) is 0 Å². The van der Waals surface area contributed by atoms with Crippen molar-refractivity contribution in [2.75, 3.05) is 26.2 Å². The summed E-state index contributed by atoms with van der Waals surface area (Å²) in [5, 5.41) is 4.00. The van der Waals surface area contributed by atoms with Crippen molar-refractivity contribution in [3.8, 4) is 10.6 Å². The van der Waals surface area contributed by atoms with Crippen molar-refractivity contribution in [2.45, 2.75) is 39.5 Å². The van der Waals surface area contributed by atoms with E-state index in [-0.39, 0.29) is 5.91 Å². The lowest BCUT2D eigenvalue weighted by atomic mass is 9.98. The lowest BCUT2D eigenvalue weighted by molar-refractivity contribution is 0.0953. The molecule has 2 heterocycles. The first-order chi connectivity index (χ1) is 12.1. The van der Waals surface area contributed by atoms with Crippen molar-refractivity contribution in [2.24, 2.45) is 0 Å². The molecule has 1 N–H and O–H groups in total. The van der Waals surface area contributed by atoms with E-state index in [9.17, 15) is 4.79 Å². The van der Waals surface area contributed by atoms with Crippen LogP contribution in [0.15, 0.2) is 24.3 Å². The van der Waals surface area contributed by atoms with Gasteiger partial charge in [0.25, 0.3) is 5.91 Å². The molecule has 3 rings (SSSR count). The van der Waals surface area contributed by atoms with Crippen molar-refractivity contribution in [3.05, 3.63) is 40.4 Å². The van der Waals surface area contributed by atoms with Gasteiger partial charge in [0.1, 0.15) is 9.88 Å². The van der Waals surface area contributed by atoms with Crippen LogP contribution in [0, 0.1) is 6.92 Å². The highest BCUT2D eigenvalue weighted by atomic mass is 32.1. The fourth-order valence-electron chi connectivity index (χ4n) is 3.33. The Hall–Kier alpha value is -1.72. The number of nitrogens with one attached hydrogen (secondary N) is 1. The molecule has 0 saturated carbocycles. The largest absolute Gasteiger partial charge is 0.350 e. The second-order valence-corrected chi connectivity index (χ2v) is 7.98. The highest BCUT2D eigenvalue weighted by Gasteiger charge is 2.19. The molecule has 1 aromatic heterocycles. The number of amides is 1. The van der Waals surface area contributed by atoms with E-state index in [0.29, 0.717) is 12.5 Å². The molecule has 134 valence electrons. The minimum atomic E-state index is 0.00229. The maximum Gasteiger partial charge on any atom is 0.263 e. The fourth-order valence-corrected chi connectivity index (χ4v) is 4.36. The first-order valence-corrected chi connectivity index (χ1v) is 9.95. The zero-order valence-corrected chi connectivity index (χ0v) is 16.2. The maximum atomic E-state index is 12.5. The van der Waals surface area contributed by atoms with Crippen molar-refractivity contribution in [1.82, 2.24) is 15.2 Å². The zero-order chi connectivity index (χ0) is 17.8. The number of rotatable bonds is 6. The van der Waals surface area contributed by atoms with Crippen LogP contribution in [0.4, 0.5) is 0 Å². The number of aryl methyl sites for hydroxylation is 1. The second-order valence-electron chi connectivity index (χ2n) is 6.98. The molecule has 1 aliphatic heterocycles. The zero-order valence-electron chi connectivity index (χ0n) is 15.3. The normalized spacial score (nSPS) is 15.0. The van der Waals surface area contributed by atoms with Crippen LogP contribution >= 0.6 is 11.3 Å². The molecule has 1 fully saturated rings. The van der Waals surface area contributed by atoms with Gasteiger partial charge >= 0.3 is 0 Å². The molecular formula is C20H27N3OS. The first-order valence-electron chi connectivity index (χ1n) is 9.13. The quantitative estimate of drug-likeness (QED) is 0.848. The van der Waals surface area contributed by atoms with Gasteiger partial charge in [0, 0.05) is 18.7 Å². The Kier molecular flexibility index (Phi) is 5.86. The summed E-state index contributed by atoms with van der Waals surface area (Å²) in [5.41, 5.74) is 3.23. The summed E-state index contributed by atoms with van der Waals surface area (Å²) in [6.45, 7) is 10.3. The number of hydrogen-bond acceptors (Lipinski definition) is 4. The van der Waals surface area contributed by atoms with E-state index in [1.807, 2.05) is 13.0 Å². The molecule has 0 radical (unpaired) electrons. The van der Waals surface area contributed by atoms with Gasteiger partial charge in [0.05, 0.1) is 5.69 Å². The molecule has 25 heavy (non-hydrogen) atoms. The van der Waals surface area contributed by atoms with Crippen LogP contribution in [0.3, 0.4) is 0 Å². The van der Waals surface area contributed by atoms with E-state index in [0.717, 1.165) is 40.8 Å². The van der Waals surface area contributed by atoms with Crippen LogP contribution in [-0.2, 0) is 0 Å². The minimum absolute atomic E-state index is 0.00229. The maximum absolute atomic E-state index is 12.5.